The number of hydrogen-bond acceptors (Lipinski definition) is 0. The second-order valence-corrected chi connectivity index (χ2v) is 4.36. The molecule has 1 nitrogen and oxygen atoms in total. The minimum Gasteiger partial charge on any atom is -0.237 e. The molecule has 0 aromatic heterocycles. The monoisotopic (exact) mass is 185 g/mol. The topological polar surface area (TPSA) is 19.9 Å². The van der Waals surface area contributed by atoms with Crippen molar-refractivity contribution in [3.63, 3.8) is 0 Å². The standard InChI is InChI=1S/C12H25O/c1-12(2)10-8-6-4-3-5-7-9-11-13/h12H,3-11H2,1-2H3. The molecule has 0 fully saturated rings. The first-order valence-corrected chi connectivity index (χ1v) is 5.85. The highest BCUT2D eigenvalue weighted by atomic mass is 16.2. The Morgan fingerprint density at radius 1 is 0.769 bits per heavy atom. The van der Waals surface area contributed by atoms with Crippen LogP contribution in [-0.4, -0.2) is 6.61 Å². The predicted molar refractivity (Wildman–Crippen MR) is 57.3 cm³/mol. The minimum atomic E-state index is 0.118. The van der Waals surface area contributed by atoms with Gasteiger partial charge in [-0.15, -0.1) is 0 Å². The van der Waals surface area contributed by atoms with Gasteiger partial charge in [-0.05, 0) is 12.3 Å². The fourth-order valence-corrected chi connectivity index (χ4v) is 1.54. The Morgan fingerprint density at radius 2 is 1.23 bits per heavy atom. The van der Waals surface area contributed by atoms with Crippen molar-refractivity contribution < 1.29 is 5.11 Å². The molecule has 0 aliphatic heterocycles. The average molecular weight is 185 g/mol. The fraction of sp³-hybridized carbons (Fsp3) is 1.00. The Labute approximate surface area is 83.5 Å². The van der Waals surface area contributed by atoms with Crippen LogP contribution >= 0.6 is 0 Å². The van der Waals surface area contributed by atoms with Crippen LogP contribution in [0.1, 0.15) is 65.2 Å². The molecule has 1 radical (unpaired) electrons. The quantitative estimate of drug-likeness (QED) is 0.480. The van der Waals surface area contributed by atoms with Gasteiger partial charge in [-0.2, -0.15) is 0 Å². The highest BCUT2D eigenvalue weighted by Gasteiger charge is 1.94. The smallest absolute Gasteiger partial charge is 0.0822 e. The zero-order chi connectivity index (χ0) is 9.94. The van der Waals surface area contributed by atoms with Gasteiger partial charge in [-0.3, -0.25) is 0 Å². The summed E-state index contributed by atoms with van der Waals surface area (Å²) in [7, 11) is 0. The highest BCUT2D eigenvalue weighted by Crippen LogP contribution is 2.11. The first-order valence-electron chi connectivity index (χ1n) is 5.85. The Balaban J connectivity index is 2.84. The molecule has 0 aliphatic rings. The van der Waals surface area contributed by atoms with Crippen LogP contribution in [0.2, 0.25) is 0 Å². The Kier molecular flexibility index (Phi) is 10.0. The van der Waals surface area contributed by atoms with Crippen LogP contribution in [0.5, 0.6) is 0 Å². The van der Waals surface area contributed by atoms with E-state index in [2.05, 4.69) is 13.8 Å². The molecule has 1 heteroatoms. The second-order valence-electron chi connectivity index (χ2n) is 4.36. The third-order valence-corrected chi connectivity index (χ3v) is 2.43. The number of hydrogen-bond donors (Lipinski definition) is 0. The van der Waals surface area contributed by atoms with Crippen LogP contribution < -0.4 is 0 Å². The van der Waals surface area contributed by atoms with Gasteiger partial charge in [-0.1, -0.05) is 58.8 Å². The first-order chi connectivity index (χ1) is 6.27. The Bertz CT molecular complexity index is 89.1. The highest BCUT2D eigenvalue weighted by molar-refractivity contribution is 4.48. The summed E-state index contributed by atoms with van der Waals surface area (Å²) >= 11 is 0. The van der Waals surface area contributed by atoms with Gasteiger partial charge in [0.25, 0.3) is 0 Å². The van der Waals surface area contributed by atoms with Gasteiger partial charge in [0.1, 0.15) is 0 Å². The van der Waals surface area contributed by atoms with E-state index in [1.165, 1.54) is 38.5 Å². The van der Waals surface area contributed by atoms with Crippen molar-refractivity contribution in [3.05, 3.63) is 0 Å². The largest absolute Gasteiger partial charge is 0.237 e. The van der Waals surface area contributed by atoms with E-state index in [-0.39, 0.29) is 6.61 Å². The zero-order valence-corrected chi connectivity index (χ0v) is 9.35. The lowest BCUT2D eigenvalue weighted by molar-refractivity contribution is 0.186. The summed E-state index contributed by atoms with van der Waals surface area (Å²) in [5, 5.41) is 10.1. The van der Waals surface area contributed by atoms with E-state index in [0.29, 0.717) is 0 Å². The summed E-state index contributed by atoms with van der Waals surface area (Å²) in [4.78, 5) is 0. The summed E-state index contributed by atoms with van der Waals surface area (Å²) in [5.74, 6) is 0.862. The SMILES string of the molecule is CC(C)CCCCCCCCC[O]. The molecule has 0 spiro atoms. The Morgan fingerprint density at radius 3 is 1.69 bits per heavy atom. The van der Waals surface area contributed by atoms with Crippen molar-refractivity contribution in [1.82, 2.24) is 0 Å². The van der Waals surface area contributed by atoms with Gasteiger partial charge in [0.2, 0.25) is 0 Å². The molecule has 79 valence electrons. The lowest BCUT2D eigenvalue weighted by atomic mass is 10.0. The summed E-state index contributed by atoms with van der Waals surface area (Å²) in [6, 6.07) is 0. The molecule has 0 N–H and O–H groups in total. The van der Waals surface area contributed by atoms with Gasteiger partial charge < -0.3 is 0 Å². The molecule has 13 heavy (non-hydrogen) atoms. The maximum Gasteiger partial charge on any atom is 0.0822 e. The van der Waals surface area contributed by atoms with Crippen LogP contribution in [0, 0.1) is 5.92 Å². The van der Waals surface area contributed by atoms with Crippen molar-refractivity contribution in [1.29, 1.82) is 0 Å². The van der Waals surface area contributed by atoms with Crippen LogP contribution in [0.3, 0.4) is 0 Å². The molecule has 0 saturated carbocycles. The van der Waals surface area contributed by atoms with Gasteiger partial charge in [0.15, 0.2) is 0 Å². The van der Waals surface area contributed by atoms with E-state index in [9.17, 15) is 5.11 Å². The van der Waals surface area contributed by atoms with Crippen molar-refractivity contribution >= 4 is 0 Å². The molecule has 0 bridgehead atoms. The van der Waals surface area contributed by atoms with Crippen molar-refractivity contribution in [2.75, 3.05) is 6.61 Å². The second kappa shape index (κ2) is 10.0. The van der Waals surface area contributed by atoms with Crippen LogP contribution in [0.15, 0.2) is 0 Å². The molecule has 0 amide bonds. The summed E-state index contributed by atoms with van der Waals surface area (Å²) in [6.07, 6.45) is 10.1. The van der Waals surface area contributed by atoms with Crippen LogP contribution in [0.25, 0.3) is 0 Å². The zero-order valence-electron chi connectivity index (χ0n) is 9.35. The van der Waals surface area contributed by atoms with Crippen LogP contribution in [0.4, 0.5) is 0 Å². The van der Waals surface area contributed by atoms with E-state index >= 15 is 0 Å². The van der Waals surface area contributed by atoms with Gasteiger partial charge >= 0.3 is 0 Å². The normalized spacial score (nSPS) is 11.1. The van der Waals surface area contributed by atoms with Gasteiger partial charge in [0.05, 0.1) is 6.61 Å². The third-order valence-electron chi connectivity index (χ3n) is 2.43. The molecule has 0 aliphatic carbocycles. The third kappa shape index (κ3) is 12.0. The van der Waals surface area contributed by atoms with Gasteiger partial charge in [0, 0.05) is 0 Å². The minimum absolute atomic E-state index is 0.118. The molecular formula is C12H25O. The molecule has 0 heterocycles. The fourth-order valence-electron chi connectivity index (χ4n) is 1.54. The maximum atomic E-state index is 10.1. The van der Waals surface area contributed by atoms with Gasteiger partial charge in [-0.25, -0.2) is 5.11 Å². The van der Waals surface area contributed by atoms with Crippen molar-refractivity contribution in [2.24, 2.45) is 5.92 Å². The van der Waals surface area contributed by atoms with E-state index in [4.69, 9.17) is 0 Å². The van der Waals surface area contributed by atoms with Crippen molar-refractivity contribution in [2.45, 2.75) is 65.2 Å². The molecule has 0 aromatic rings. The van der Waals surface area contributed by atoms with E-state index in [1.54, 1.807) is 0 Å². The maximum absolute atomic E-state index is 10.1. The summed E-state index contributed by atoms with van der Waals surface area (Å²) < 4.78 is 0. The lowest BCUT2D eigenvalue weighted by Gasteiger charge is -2.03. The molecule has 0 unspecified atom stereocenters. The molecule has 0 atom stereocenters. The first kappa shape index (κ1) is 13.0. The number of unbranched alkanes of at least 4 members (excludes halogenated alkanes) is 6. The average Bonchev–Trinajstić information content (AvgIpc) is 2.09. The molecule has 0 rings (SSSR count). The predicted octanol–water partition coefficient (Wildman–Crippen LogP) is 4.19. The van der Waals surface area contributed by atoms with E-state index in [1.807, 2.05) is 0 Å². The molecular weight excluding hydrogens is 160 g/mol. The lowest BCUT2D eigenvalue weighted by Crippen LogP contribution is -1.87. The van der Waals surface area contributed by atoms with E-state index < -0.39 is 0 Å². The number of rotatable bonds is 9. The summed E-state index contributed by atoms with van der Waals surface area (Å²) in [5.41, 5.74) is 0. The molecule has 0 saturated heterocycles. The van der Waals surface area contributed by atoms with E-state index in [0.717, 1.165) is 18.8 Å². The summed E-state index contributed by atoms with van der Waals surface area (Å²) in [6.45, 7) is 4.69. The molecule has 0 aromatic carbocycles. The Hall–Kier alpha value is -0.0400. The van der Waals surface area contributed by atoms with Crippen molar-refractivity contribution in [3.8, 4) is 0 Å². The van der Waals surface area contributed by atoms with Crippen LogP contribution in [-0.2, 0) is 5.11 Å².